The molecule has 1 atom stereocenters. The van der Waals surface area contributed by atoms with E-state index < -0.39 is 0 Å². The van der Waals surface area contributed by atoms with Gasteiger partial charge in [-0.1, -0.05) is 73.1 Å². The molecule has 0 spiro atoms. The minimum atomic E-state index is -0.214. The monoisotopic (exact) mass is 408 g/mol. The molecule has 1 aromatic heterocycles. The molecule has 0 aliphatic carbocycles. The third kappa shape index (κ3) is 5.26. The molecular weight excluding hydrogens is 380 g/mol. The van der Waals surface area contributed by atoms with Gasteiger partial charge in [-0.3, -0.25) is 4.79 Å². The fraction of sp³-hybridized carbons (Fsp3) is 0.348. The lowest BCUT2D eigenvalue weighted by Gasteiger charge is -2.22. The number of hydrogen-bond donors (Lipinski definition) is 1. The zero-order valence-electron chi connectivity index (χ0n) is 17.6. The molecule has 1 amide bonds. The SMILES string of the molecule is Cc1ccc(CSc2nnc([C@@H](NC(=O)c3cccc(C)c3)C(C)C)n2C)cc1. The molecule has 1 heterocycles. The lowest BCUT2D eigenvalue weighted by molar-refractivity contribution is 0.0922. The number of rotatable bonds is 7. The summed E-state index contributed by atoms with van der Waals surface area (Å²) in [6.07, 6.45) is 0. The molecule has 0 saturated heterocycles. The Morgan fingerprint density at radius 3 is 2.45 bits per heavy atom. The topological polar surface area (TPSA) is 59.8 Å². The standard InChI is InChI=1S/C23H28N4OS/c1-15(2)20(24-22(28)19-8-6-7-17(4)13-19)21-25-26-23(27(21)5)29-14-18-11-9-16(3)10-12-18/h6-13,15,20H,14H2,1-5H3,(H,24,28)/t20-/m0/s1. The van der Waals surface area contributed by atoms with Gasteiger partial charge in [0, 0.05) is 18.4 Å². The van der Waals surface area contributed by atoms with Crippen LogP contribution in [0.5, 0.6) is 0 Å². The number of amides is 1. The number of benzene rings is 2. The average molecular weight is 409 g/mol. The van der Waals surface area contributed by atoms with E-state index in [0.717, 1.165) is 22.3 Å². The van der Waals surface area contributed by atoms with Crippen molar-refractivity contribution in [1.82, 2.24) is 20.1 Å². The van der Waals surface area contributed by atoms with Gasteiger partial charge in [0.1, 0.15) is 0 Å². The molecule has 3 aromatic rings. The molecule has 6 heteroatoms. The molecule has 0 unspecified atom stereocenters. The minimum Gasteiger partial charge on any atom is -0.342 e. The Balaban J connectivity index is 1.74. The second kappa shape index (κ2) is 9.27. The number of hydrogen-bond acceptors (Lipinski definition) is 4. The number of carbonyl (C=O) groups excluding carboxylic acids is 1. The van der Waals surface area contributed by atoms with E-state index in [2.05, 4.69) is 60.6 Å². The summed E-state index contributed by atoms with van der Waals surface area (Å²) in [5.41, 5.74) is 4.22. The van der Waals surface area contributed by atoms with Gasteiger partial charge in [0.05, 0.1) is 6.04 Å². The van der Waals surface area contributed by atoms with Gasteiger partial charge >= 0.3 is 0 Å². The number of nitrogens with one attached hydrogen (secondary N) is 1. The van der Waals surface area contributed by atoms with E-state index in [9.17, 15) is 4.79 Å². The van der Waals surface area contributed by atoms with E-state index in [-0.39, 0.29) is 17.9 Å². The lowest BCUT2D eigenvalue weighted by Crippen LogP contribution is -2.33. The lowest BCUT2D eigenvalue weighted by atomic mass is 10.0. The molecule has 3 rings (SSSR count). The largest absolute Gasteiger partial charge is 0.342 e. The van der Waals surface area contributed by atoms with Gasteiger partial charge in [-0.2, -0.15) is 0 Å². The van der Waals surface area contributed by atoms with Crippen LogP contribution in [-0.4, -0.2) is 20.7 Å². The van der Waals surface area contributed by atoms with Gasteiger partial charge in [-0.25, -0.2) is 0 Å². The quantitative estimate of drug-likeness (QED) is 0.568. The zero-order chi connectivity index (χ0) is 21.0. The van der Waals surface area contributed by atoms with Gasteiger partial charge < -0.3 is 9.88 Å². The molecular formula is C23H28N4OS. The molecule has 1 N–H and O–H groups in total. The average Bonchev–Trinajstić information content (AvgIpc) is 3.05. The van der Waals surface area contributed by atoms with Gasteiger partial charge in [-0.15, -0.1) is 10.2 Å². The smallest absolute Gasteiger partial charge is 0.251 e. The van der Waals surface area contributed by atoms with Crippen LogP contribution in [0.1, 0.15) is 52.8 Å². The first-order valence-corrected chi connectivity index (χ1v) is 10.8. The zero-order valence-corrected chi connectivity index (χ0v) is 18.5. The first kappa shape index (κ1) is 21.1. The summed E-state index contributed by atoms with van der Waals surface area (Å²) < 4.78 is 1.99. The van der Waals surface area contributed by atoms with Crippen LogP contribution in [0.25, 0.3) is 0 Å². The number of thioether (sulfide) groups is 1. The Morgan fingerprint density at radius 1 is 1.07 bits per heavy atom. The Morgan fingerprint density at radius 2 is 1.79 bits per heavy atom. The van der Waals surface area contributed by atoms with Crippen LogP contribution in [0.3, 0.4) is 0 Å². The van der Waals surface area contributed by atoms with E-state index in [0.29, 0.717) is 5.56 Å². The summed E-state index contributed by atoms with van der Waals surface area (Å²) in [6.45, 7) is 8.23. The maximum Gasteiger partial charge on any atom is 0.251 e. The highest BCUT2D eigenvalue weighted by molar-refractivity contribution is 7.98. The molecule has 29 heavy (non-hydrogen) atoms. The molecule has 0 radical (unpaired) electrons. The Hall–Kier alpha value is -2.60. The summed E-state index contributed by atoms with van der Waals surface area (Å²) in [4.78, 5) is 12.8. The molecule has 152 valence electrons. The second-order valence-electron chi connectivity index (χ2n) is 7.74. The van der Waals surface area contributed by atoms with Crippen molar-refractivity contribution in [2.75, 3.05) is 0 Å². The maximum absolute atomic E-state index is 12.8. The summed E-state index contributed by atoms with van der Waals surface area (Å²) in [7, 11) is 1.96. The summed E-state index contributed by atoms with van der Waals surface area (Å²) >= 11 is 1.65. The molecule has 2 aromatic carbocycles. The Bertz CT molecular complexity index is 979. The number of aromatic nitrogens is 3. The van der Waals surface area contributed by atoms with Gasteiger partial charge in [-0.05, 0) is 37.5 Å². The van der Waals surface area contributed by atoms with E-state index in [4.69, 9.17) is 0 Å². The minimum absolute atomic E-state index is 0.0933. The molecule has 0 fully saturated rings. The highest BCUT2D eigenvalue weighted by Crippen LogP contribution is 2.26. The van der Waals surface area contributed by atoms with E-state index in [1.165, 1.54) is 11.1 Å². The fourth-order valence-electron chi connectivity index (χ4n) is 3.10. The molecule has 5 nitrogen and oxygen atoms in total. The molecule has 0 saturated carbocycles. The van der Waals surface area contributed by atoms with Crippen molar-refractivity contribution < 1.29 is 4.79 Å². The highest BCUT2D eigenvalue weighted by atomic mass is 32.2. The van der Waals surface area contributed by atoms with Crippen LogP contribution in [0.15, 0.2) is 53.7 Å². The van der Waals surface area contributed by atoms with Crippen LogP contribution < -0.4 is 5.32 Å². The van der Waals surface area contributed by atoms with Crippen molar-refractivity contribution in [2.45, 2.75) is 44.6 Å². The van der Waals surface area contributed by atoms with E-state index >= 15 is 0 Å². The number of nitrogens with zero attached hydrogens (tertiary/aromatic N) is 3. The van der Waals surface area contributed by atoms with E-state index in [1.54, 1.807) is 11.8 Å². The van der Waals surface area contributed by atoms with Crippen molar-refractivity contribution in [2.24, 2.45) is 13.0 Å². The van der Waals surface area contributed by atoms with Crippen molar-refractivity contribution in [3.8, 4) is 0 Å². The van der Waals surface area contributed by atoms with Crippen LogP contribution in [0.4, 0.5) is 0 Å². The van der Waals surface area contributed by atoms with Crippen LogP contribution >= 0.6 is 11.8 Å². The third-order valence-electron chi connectivity index (χ3n) is 4.87. The summed E-state index contributed by atoms with van der Waals surface area (Å²) in [6, 6.07) is 15.9. The molecule has 0 bridgehead atoms. The normalized spacial score (nSPS) is 12.2. The summed E-state index contributed by atoms with van der Waals surface area (Å²) in [5.74, 6) is 1.69. The van der Waals surface area contributed by atoms with Gasteiger partial charge in [0.15, 0.2) is 11.0 Å². The maximum atomic E-state index is 12.8. The van der Waals surface area contributed by atoms with Crippen LogP contribution in [0, 0.1) is 19.8 Å². The number of aryl methyl sites for hydroxylation is 2. The van der Waals surface area contributed by atoms with Crippen molar-refractivity contribution in [3.05, 3.63) is 76.6 Å². The first-order chi connectivity index (χ1) is 13.8. The van der Waals surface area contributed by atoms with Crippen molar-refractivity contribution in [3.63, 3.8) is 0 Å². The Labute approximate surface area is 176 Å². The molecule has 0 aliphatic rings. The highest BCUT2D eigenvalue weighted by Gasteiger charge is 2.25. The predicted octanol–water partition coefficient (Wildman–Crippen LogP) is 4.85. The predicted molar refractivity (Wildman–Crippen MR) is 118 cm³/mol. The van der Waals surface area contributed by atoms with Crippen LogP contribution in [-0.2, 0) is 12.8 Å². The summed E-state index contributed by atoms with van der Waals surface area (Å²) in [5, 5.41) is 12.8. The second-order valence-corrected chi connectivity index (χ2v) is 8.68. The first-order valence-electron chi connectivity index (χ1n) is 9.80. The van der Waals surface area contributed by atoms with Gasteiger partial charge in [0.2, 0.25) is 0 Å². The van der Waals surface area contributed by atoms with Crippen molar-refractivity contribution >= 4 is 17.7 Å². The molecule has 0 aliphatic heterocycles. The third-order valence-corrected chi connectivity index (χ3v) is 5.96. The fourth-order valence-corrected chi connectivity index (χ4v) is 3.97. The van der Waals surface area contributed by atoms with Crippen LogP contribution in [0.2, 0.25) is 0 Å². The Kier molecular flexibility index (Phi) is 6.75. The van der Waals surface area contributed by atoms with E-state index in [1.807, 2.05) is 42.8 Å². The van der Waals surface area contributed by atoms with Crippen molar-refractivity contribution in [1.29, 1.82) is 0 Å². The number of carbonyl (C=O) groups is 1. The van der Waals surface area contributed by atoms with Gasteiger partial charge in [0.25, 0.3) is 5.91 Å².